The van der Waals surface area contributed by atoms with Gasteiger partial charge in [-0.05, 0) is 109 Å². The summed E-state index contributed by atoms with van der Waals surface area (Å²) in [5.41, 5.74) is 7.07. The number of aliphatic hydroxyl groups is 1. The number of aromatic nitrogens is 5. The van der Waals surface area contributed by atoms with Crippen molar-refractivity contribution in [3.8, 4) is 39.9 Å². The van der Waals surface area contributed by atoms with Crippen LogP contribution in [0.2, 0.25) is 0 Å². The number of hydrogen-bond donors (Lipinski definition) is 4. The van der Waals surface area contributed by atoms with Crippen molar-refractivity contribution in [2.75, 3.05) is 51.4 Å². The molecule has 6 aliphatic rings. The van der Waals surface area contributed by atoms with Crippen molar-refractivity contribution >= 4 is 34.1 Å². The molecule has 0 spiro atoms. The molecule has 5 aliphatic heterocycles. The number of phenolic OH excluding ortho intramolecular Hbond substituents is 1. The summed E-state index contributed by atoms with van der Waals surface area (Å²) in [5.74, 6) is -0.230. The van der Waals surface area contributed by atoms with Gasteiger partial charge in [0.2, 0.25) is 11.8 Å². The number of fused-ring (bicyclic) bond motifs is 3. The smallest absolute Gasteiger partial charge is 0.319 e. The van der Waals surface area contributed by atoms with E-state index in [-0.39, 0.29) is 72.4 Å². The number of ether oxygens (including phenoxy) is 3. The van der Waals surface area contributed by atoms with E-state index in [1.54, 1.807) is 15.8 Å². The lowest BCUT2D eigenvalue weighted by Crippen LogP contribution is -2.50. The first-order valence-electron chi connectivity index (χ1n) is 28.1. The van der Waals surface area contributed by atoms with E-state index < -0.39 is 23.9 Å². The number of nitrogens with one attached hydrogen (secondary N) is 2. The Morgan fingerprint density at radius 1 is 0.975 bits per heavy atom. The highest BCUT2D eigenvalue weighted by Gasteiger charge is 2.42. The number of aliphatic hydroxyl groups excluding tert-OH is 1. The molecule has 2 amide bonds. The molecule has 6 atom stereocenters. The second-order valence-corrected chi connectivity index (χ2v) is 22.5. The van der Waals surface area contributed by atoms with E-state index in [0.717, 1.165) is 71.4 Å². The Hall–Kier alpha value is -7.41. The number of hydrogen-bond acceptors (Lipinski definition) is 14. The summed E-state index contributed by atoms with van der Waals surface area (Å²) in [7, 11) is 2.04. The van der Waals surface area contributed by atoms with Crippen LogP contribution in [-0.2, 0) is 20.9 Å². The van der Waals surface area contributed by atoms with E-state index in [2.05, 4.69) is 49.8 Å². The predicted octanol–water partition coefficient (Wildman–Crippen LogP) is 8.23. The zero-order valence-electron chi connectivity index (χ0n) is 45.2. The Labute approximate surface area is 459 Å². The molecule has 4 aromatic carbocycles. The normalized spacial score (nSPS) is 22.0. The van der Waals surface area contributed by atoms with Gasteiger partial charge in [-0.2, -0.15) is 9.97 Å². The lowest BCUT2D eigenvalue weighted by Gasteiger charge is -2.31. The first-order valence-corrected chi connectivity index (χ1v) is 28.1. The standard InChI is InChI=1S/C61H69FN10O7/c1-35(2)56(60(76)70-25-7-10-51(70)59(75)64-50(33-73)41-20-18-38(19-21-41)45-8-6-24-69(4)36(45)3)72-32-49(67-68-72)40-14-12-37(13-15-40)34-78-57-53(54-48(62)9-5-11-52(54)74)46(39-16-17-39)29-47-55(57)65-61(79-44-22-26-77-27-23-44)66-58(47)71-31-42-28-43(71)30-63-42/h5-6,8-9,11-15,18-21,24,29,32,35-36,39,42-44,50-51,56,63,73-74H,7,10,16-17,22-23,25-28,30-31,33-34H2,1-4H3,(H,64,75)/t36?,42-,43-,50-,51-,56-/m0/s1. The molecule has 2 aromatic heterocycles. The molecule has 12 rings (SSSR count). The largest absolute Gasteiger partial charge is 0.507 e. The Balaban J connectivity index is 0.790. The lowest BCUT2D eigenvalue weighted by atomic mass is 9.92. The van der Waals surface area contributed by atoms with Crippen LogP contribution in [0.15, 0.2) is 97.3 Å². The quantitative estimate of drug-likeness (QED) is 0.0683. The summed E-state index contributed by atoms with van der Waals surface area (Å²) in [6.07, 6.45) is 13.2. The number of carbonyl (C=O) groups excluding carboxylic acids is 2. The highest BCUT2D eigenvalue weighted by molar-refractivity contribution is 6.01. The Morgan fingerprint density at radius 2 is 1.76 bits per heavy atom. The molecule has 4 saturated heterocycles. The molecule has 412 valence electrons. The first kappa shape index (κ1) is 52.3. The van der Waals surface area contributed by atoms with Crippen molar-refractivity contribution in [1.82, 2.24) is 45.4 Å². The Morgan fingerprint density at radius 3 is 2.47 bits per heavy atom. The summed E-state index contributed by atoms with van der Waals surface area (Å²) in [5, 5.41) is 38.4. The summed E-state index contributed by atoms with van der Waals surface area (Å²) in [6.45, 7) is 9.05. The molecule has 2 bridgehead atoms. The third kappa shape index (κ3) is 10.4. The third-order valence-electron chi connectivity index (χ3n) is 16.9. The number of amides is 2. The van der Waals surface area contributed by atoms with Gasteiger partial charge in [-0.15, -0.1) is 5.10 Å². The summed E-state index contributed by atoms with van der Waals surface area (Å²) in [6, 6.07) is 21.0. The minimum absolute atomic E-state index is 0.0689. The highest BCUT2D eigenvalue weighted by atomic mass is 19.1. The molecule has 0 radical (unpaired) electrons. The van der Waals surface area contributed by atoms with Gasteiger partial charge in [-0.1, -0.05) is 79.7 Å². The van der Waals surface area contributed by atoms with E-state index in [9.17, 15) is 19.8 Å². The van der Waals surface area contributed by atoms with E-state index in [1.165, 1.54) is 23.8 Å². The number of piperazine rings is 1. The van der Waals surface area contributed by atoms with Crippen LogP contribution in [-0.4, -0.2) is 134 Å². The monoisotopic (exact) mass is 1070 g/mol. The van der Waals surface area contributed by atoms with Crippen LogP contribution in [0.3, 0.4) is 0 Å². The van der Waals surface area contributed by atoms with Gasteiger partial charge in [-0.25, -0.2) is 9.07 Å². The van der Waals surface area contributed by atoms with Crippen molar-refractivity contribution in [2.24, 2.45) is 5.92 Å². The first-order chi connectivity index (χ1) is 38.4. The zero-order valence-corrected chi connectivity index (χ0v) is 45.2. The molecule has 1 saturated carbocycles. The Bertz CT molecular complexity index is 3280. The summed E-state index contributed by atoms with van der Waals surface area (Å²) < 4.78 is 37.0. The van der Waals surface area contributed by atoms with Gasteiger partial charge in [-0.3, -0.25) is 9.59 Å². The summed E-state index contributed by atoms with van der Waals surface area (Å²) >= 11 is 0. The van der Waals surface area contributed by atoms with Gasteiger partial charge in [0.05, 0.1) is 43.7 Å². The minimum atomic E-state index is -0.734. The van der Waals surface area contributed by atoms with Gasteiger partial charge in [0.25, 0.3) is 0 Å². The molecular formula is C61H69FN10O7. The average molecular weight is 1070 g/mol. The van der Waals surface area contributed by atoms with Crippen molar-refractivity contribution < 1.29 is 38.4 Å². The van der Waals surface area contributed by atoms with E-state index in [0.29, 0.717) is 74.0 Å². The van der Waals surface area contributed by atoms with E-state index >= 15 is 4.39 Å². The van der Waals surface area contributed by atoms with Crippen molar-refractivity contribution in [2.45, 2.75) is 121 Å². The molecule has 4 N–H and O–H groups in total. The topological polar surface area (TPSA) is 193 Å². The maximum Gasteiger partial charge on any atom is 0.319 e. The molecule has 17 nitrogen and oxygen atoms in total. The number of aromatic hydroxyl groups is 1. The fraction of sp³-hybridized carbons (Fsp3) is 0.443. The number of anilines is 1. The molecule has 18 heteroatoms. The molecular weight excluding hydrogens is 1000 g/mol. The van der Waals surface area contributed by atoms with Crippen molar-refractivity contribution in [3.05, 3.63) is 125 Å². The number of likely N-dealkylation sites (tertiary alicyclic amines) is 1. The maximum atomic E-state index is 16.2. The number of nitrogens with zero attached hydrogens (tertiary/aromatic N) is 8. The molecule has 79 heavy (non-hydrogen) atoms. The van der Waals surface area contributed by atoms with Gasteiger partial charge in [0.15, 0.2) is 5.75 Å². The highest BCUT2D eigenvalue weighted by Crippen LogP contribution is 2.53. The SMILES string of the molecule is CC(C)[C@@H](C(=O)N1CCC[C@H]1C(=O)N[C@@H](CO)c1ccc(C2=CC=CN(C)C2C)cc1)n1cc(-c2ccc(COc3c(-c4c(O)cccc4F)c(C4CC4)cc4c(N5C[C@@H]6C[C@H]5CN6)nc(OC5CCOCC5)nc34)cc2)nn1. The fourth-order valence-electron chi connectivity index (χ4n) is 12.3. The number of rotatable bonds is 17. The van der Waals surface area contributed by atoms with Crippen LogP contribution in [0, 0.1) is 11.7 Å². The lowest BCUT2D eigenvalue weighted by molar-refractivity contribution is -0.142. The zero-order chi connectivity index (χ0) is 54.5. The fourth-order valence-corrected chi connectivity index (χ4v) is 12.3. The second kappa shape index (κ2) is 22.0. The molecule has 1 aliphatic carbocycles. The number of benzene rings is 4. The number of likely N-dealkylation sites (N-methyl/N-ethyl adjacent to an activating group) is 1. The van der Waals surface area contributed by atoms with E-state index in [1.807, 2.05) is 81.7 Å². The number of phenols is 1. The predicted molar refractivity (Wildman–Crippen MR) is 298 cm³/mol. The number of allylic oxidation sites excluding steroid dienone is 2. The van der Waals surface area contributed by atoms with Crippen LogP contribution in [0.1, 0.15) is 106 Å². The number of halogens is 1. The number of carbonyl (C=O) groups is 2. The summed E-state index contributed by atoms with van der Waals surface area (Å²) in [4.78, 5) is 45.0. The average Bonchev–Trinajstić information content (AvgIpc) is 3.95. The van der Waals surface area contributed by atoms with Crippen molar-refractivity contribution in [3.63, 3.8) is 0 Å². The second-order valence-electron chi connectivity index (χ2n) is 22.5. The molecule has 1 unspecified atom stereocenters. The van der Waals surface area contributed by atoms with E-state index in [4.69, 9.17) is 24.2 Å². The Kier molecular flexibility index (Phi) is 14.6. The minimum Gasteiger partial charge on any atom is -0.507 e. The van der Waals surface area contributed by atoms with Gasteiger partial charge < -0.3 is 49.8 Å². The van der Waals surface area contributed by atoms with Crippen LogP contribution >= 0.6 is 0 Å². The van der Waals surface area contributed by atoms with Crippen LogP contribution in [0.5, 0.6) is 17.5 Å². The maximum absolute atomic E-state index is 16.2. The van der Waals surface area contributed by atoms with Gasteiger partial charge in [0.1, 0.15) is 53.4 Å². The third-order valence-corrected chi connectivity index (χ3v) is 16.9. The van der Waals surface area contributed by atoms with Crippen LogP contribution in [0.25, 0.3) is 38.9 Å². The molecule has 5 fully saturated rings. The molecule has 6 aromatic rings. The van der Waals surface area contributed by atoms with Crippen LogP contribution in [0.4, 0.5) is 10.2 Å². The van der Waals surface area contributed by atoms with Crippen molar-refractivity contribution in [1.29, 1.82) is 0 Å². The molecule has 7 heterocycles. The van der Waals surface area contributed by atoms with Gasteiger partial charge >= 0.3 is 6.01 Å². The van der Waals surface area contributed by atoms with Crippen LogP contribution < -0.4 is 25.0 Å². The van der Waals surface area contributed by atoms with Gasteiger partial charge in [0, 0.05) is 68.1 Å².